The third-order valence-electron chi connectivity index (χ3n) is 3.13. The van der Waals surface area contributed by atoms with E-state index in [1.807, 2.05) is 26.8 Å². The molecule has 0 aliphatic heterocycles. The topological polar surface area (TPSA) is 61.4 Å². The van der Waals surface area contributed by atoms with Crippen molar-refractivity contribution in [1.82, 2.24) is 14.3 Å². The molecule has 0 radical (unpaired) electrons. The minimum Gasteiger partial charge on any atom is -0.317 e. The van der Waals surface area contributed by atoms with Crippen molar-refractivity contribution in [2.75, 3.05) is 26.7 Å². The first-order chi connectivity index (χ1) is 9.36. The molecule has 0 saturated heterocycles. The Morgan fingerprint density at radius 1 is 1.35 bits per heavy atom. The Balaban J connectivity index is 2.44. The lowest BCUT2D eigenvalue weighted by Crippen LogP contribution is -2.38. The van der Waals surface area contributed by atoms with Crippen LogP contribution in [0.4, 0.5) is 0 Å². The lowest BCUT2D eigenvalue weighted by atomic mass is 10.3. The molecule has 0 aromatic carbocycles. The fraction of sp³-hybridized carbons (Fsp3) is 0.692. The van der Waals surface area contributed by atoms with Crippen LogP contribution in [0.25, 0.3) is 0 Å². The zero-order chi connectivity index (χ0) is 15.2. The summed E-state index contributed by atoms with van der Waals surface area (Å²) in [5.74, 6) is 0. The van der Waals surface area contributed by atoms with Gasteiger partial charge in [-0.3, -0.25) is 0 Å². The van der Waals surface area contributed by atoms with Gasteiger partial charge in [-0.05, 0) is 45.0 Å². The molecular formula is C13H25N3O2S2. The van der Waals surface area contributed by atoms with Crippen molar-refractivity contribution in [3.8, 4) is 0 Å². The summed E-state index contributed by atoms with van der Waals surface area (Å²) >= 11 is 1.64. The number of nitrogens with zero attached hydrogens (tertiary/aromatic N) is 1. The van der Waals surface area contributed by atoms with Crippen LogP contribution in [0, 0.1) is 13.8 Å². The molecule has 20 heavy (non-hydrogen) atoms. The van der Waals surface area contributed by atoms with Gasteiger partial charge in [0, 0.05) is 29.9 Å². The van der Waals surface area contributed by atoms with Gasteiger partial charge >= 0.3 is 0 Å². The van der Waals surface area contributed by atoms with Crippen LogP contribution in [-0.4, -0.2) is 39.4 Å². The molecule has 0 bridgehead atoms. The standard InChI is InChI=1S/C13H25N3O2S2/c1-5-14-7-6-8-16(4)20(17,18)15-10-13-9-11(2)12(3)19-13/h9,14-15H,5-8,10H2,1-4H3. The number of nitrogens with one attached hydrogen (secondary N) is 2. The fourth-order valence-corrected chi connectivity index (χ4v) is 3.75. The van der Waals surface area contributed by atoms with E-state index < -0.39 is 10.2 Å². The summed E-state index contributed by atoms with van der Waals surface area (Å²) < 4.78 is 28.1. The molecule has 1 aromatic rings. The highest BCUT2D eigenvalue weighted by atomic mass is 32.2. The van der Waals surface area contributed by atoms with Crippen molar-refractivity contribution in [2.24, 2.45) is 0 Å². The van der Waals surface area contributed by atoms with Crippen molar-refractivity contribution in [3.05, 3.63) is 21.4 Å². The Hall–Kier alpha value is -0.470. The van der Waals surface area contributed by atoms with Crippen molar-refractivity contribution in [3.63, 3.8) is 0 Å². The van der Waals surface area contributed by atoms with Gasteiger partial charge in [0.25, 0.3) is 10.2 Å². The highest BCUT2D eigenvalue weighted by Crippen LogP contribution is 2.20. The van der Waals surface area contributed by atoms with Gasteiger partial charge in [-0.15, -0.1) is 11.3 Å². The van der Waals surface area contributed by atoms with E-state index in [1.54, 1.807) is 18.4 Å². The second kappa shape index (κ2) is 8.09. The maximum atomic E-state index is 12.1. The molecule has 0 spiro atoms. The van der Waals surface area contributed by atoms with E-state index >= 15 is 0 Å². The quantitative estimate of drug-likeness (QED) is 0.680. The molecule has 1 rings (SSSR count). The third-order valence-corrected chi connectivity index (χ3v) is 5.80. The smallest absolute Gasteiger partial charge is 0.279 e. The van der Waals surface area contributed by atoms with E-state index in [0.717, 1.165) is 24.4 Å². The van der Waals surface area contributed by atoms with E-state index in [0.29, 0.717) is 13.1 Å². The molecule has 116 valence electrons. The zero-order valence-corrected chi connectivity index (χ0v) is 14.3. The van der Waals surface area contributed by atoms with Crippen molar-refractivity contribution >= 4 is 21.5 Å². The monoisotopic (exact) mass is 319 g/mol. The maximum Gasteiger partial charge on any atom is 0.279 e. The second-order valence-electron chi connectivity index (χ2n) is 4.81. The van der Waals surface area contributed by atoms with E-state index in [1.165, 1.54) is 14.7 Å². The Kier molecular flexibility index (Phi) is 7.11. The minimum atomic E-state index is -3.39. The Bertz CT molecular complexity index is 492. The number of rotatable bonds is 9. The van der Waals surface area contributed by atoms with E-state index in [4.69, 9.17) is 0 Å². The van der Waals surface area contributed by atoms with Gasteiger partial charge in [-0.2, -0.15) is 17.4 Å². The second-order valence-corrected chi connectivity index (χ2v) is 8.01. The molecule has 5 nitrogen and oxygen atoms in total. The molecule has 0 unspecified atom stereocenters. The van der Waals surface area contributed by atoms with Crippen LogP contribution in [-0.2, 0) is 16.8 Å². The van der Waals surface area contributed by atoms with Crippen LogP contribution in [0.1, 0.15) is 28.7 Å². The van der Waals surface area contributed by atoms with Gasteiger partial charge in [-0.1, -0.05) is 6.92 Å². The molecular weight excluding hydrogens is 294 g/mol. The summed E-state index contributed by atoms with van der Waals surface area (Å²) in [5, 5.41) is 3.18. The van der Waals surface area contributed by atoms with E-state index in [-0.39, 0.29) is 0 Å². The number of hydrogen-bond acceptors (Lipinski definition) is 4. The van der Waals surface area contributed by atoms with Gasteiger partial charge in [0.15, 0.2) is 0 Å². The van der Waals surface area contributed by atoms with Gasteiger partial charge < -0.3 is 5.32 Å². The first-order valence-electron chi connectivity index (χ1n) is 6.84. The van der Waals surface area contributed by atoms with E-state index in [2.05, 4.69) is 10.0 Å². The van der Waals surface area contributed by atoms with Crippen molar-refractivity contribution in [2.45, 2.75) is 33.7 Å². The van der Waals surface area contributed by atoms with Crippen LogP contribution in [0.15, 0.2) is 6.07 Å². The molecule has 0 saturated carbocycles. The van der Waals surface area contributed by atoms with Gasteiger partial charge in [0.1, 0.15) is 0 Å². The van der Waals surface area contributed by atoms with Crippen LogP contribution < -0.4 is 10.0 Å². The summed E-state index contributed by atoms with van der Waals surface area (Å²) in [6, 6.07) is 2.04. The normalized spacial score (nSPS) is 12.2. The molecule has 0 aliphatic rings. The van der Waals surface area contributed by atoms with Gasteiger partial charge in [-0.25, -0.2) is 0 Å². The lowest BCUT2D eigenvalue weighted by Gasteiger charge is -2.17. The van der Waals surface area contributed by atoms with Crippen LogP contribution in [0.2, 0.25) is 0 Å². The fourth-order valence-electron chi connectivity index (χ4n) is 1.73. The summed E-state index contributed by atoms with van der Waals surface area (Å²) in [4.78, 5) is 2.28. The summed E-state index contributed by atoms with van der Waals surface area (Å²) in [5.41, 5.74) is 1.21. The first-order valence-corrected chi connectivity index (χ1v) is 9.10. The number of hydrogen-bond donors (Lipinski definition) is 2. The Morgan fingerprint density at radius 3 is 2.60 bits per heavy atom. The lowest BCUT2D eigenvalue weighted by molar-refractivity contribution is 0.445. The minimum absolute atomic E-state index is 0.360. The highest BCUT2D eigenvalue weighted by molar-refractivity contribution is 7.87. The Labute approximate surface area is 126 Å². The van der Waals surface area contributed by atoms with Gasteiger partial charge in [0.2, 0.25) is 0 Å². The molecule has 0 fully saturated rings. The molecule has 1 heterocycles. The highest BCUT2D eigenvalue weighted by Gasteiger charge is 2.17. The molecule has 2 N–H and O–H groups in total. The molecule has 0 atom stereocenters. The molecule has 7 heteroatoms. The Morgan fingerprint density at radius 2 is 2.05 bits per heavy atom. The van der Waals surface area contributed by atoms with Crippen molar-refractivity contribution in [1.29, 1.82) is 0 Å². The SMILES string of the molecule is CCNCCCN(C)S(=O)(=O)NCc1cc(C)c(C)s1. The predicted octanol–water partition coefficient (Wildman–Crippen LogP) is 1.63. The summed E-state index contributed by atoms with van der Waals surface area (Å²) in [7, 11) is -1.78. The zero-order valence-electron chi connectivity index (χ0n) is 12.7. The van der Waals surface area contributed by atoms with E-state index in [9.17, 15) is 8.42 Å². The van der Waals surface area contributed by atoms with Crippen molar-refractivity contribution < 1.29 is 8.42 Å². The third kappa shape index (κ3) is 5.49. The summed E-state index contributed by atoms with van der Waals surface area (Å²) in [6.07, 6.45) is 0.808. The average Bonchev–Trinajstić information content (AvgIpc) is 2.71. The average molecular weight is 319 g/mol. The largest absolute Gasteiger partial charge is 0.317 e. The van der Waals surface area contributed by atoms with Gasteiger partial charge in [0.05, 0.1) is 0 Å². The van der Waals surface area contributed by atoms with Crippen LogP contribution in [0.3, 0.4) is 0 Å². The summed E-state index contributed by atoms with van der Waals surface area (Å²) in [6.45, 7) is 8.74. The number of aryl methyl sites for hydroxylation is 2. The van der Waals surface area contributed by atoms with Crippen LogP contribution >= 0.6 is 11.3 Å². The van der Waals surface area contributed by atoms with Crippen LogP contribution in [0.5, 0.6) is 0 Å². The first kappa shape index (κ1) is 17.6. The maximum absolute atomic E-state index is 12.1. The molecule has 0 aliphatic carbocycles. The molecule has 0 amide bonds. The molecule has 1 aromatic heterocycles. The predicted molar refractivity (Wildman–Crippen MR) is 85.3 cm³/mol. The number of thiophene rings is 1.